The Hall–Kier alpha value is -2.74. The molecule has 4 rings (SSSR count). The minimum absolute atomic E-state index is 0.0185. The zero-order valence-electron chi connectivity index (χ0n) is 17.7. The van der Waals surface area contributed by atoms with E-state index in [1.807, 2.05) is 36.9 Å². The Labute approximate surface area is 180 Å². The lowest BCUT2D eigenvalue weighted by Crippen LogP contribution is -2.35. The van der Waals surface area contributed by atoms with E-state index in [0.717, 1.165) is 48.1 Å². The largest absolute Gasteiger partial charge is 0.346 e. The van der Waals surface area contributed by atoms with Gasteiger partial charge in [-0.1, -0.05) is 23.5 Å². The fourth-order valence-electron chi connectivity index (χ4n) is 4.14. The van der Waals surface area contributed by atoms with Crippen LogP contribution >= 0.6 is 11.3 Å². The van der Waals surface area contributed by atoms with E-state index in [9.17, 15) is 9.59 Å². The molecule has 158 valence electrons. The summed E-state index contributed by atoms with van der Waals surface area (Å²) in [5, 5.41) is 5.48. The molecule has 7 nitrogen and oxygen atoms in total. The van der Waals surface area contributed by atoms with E-state index in [4.69, 9.17) is 4.98 Å². The number of benzene rings is 1. The van der Waals surface area contributed by atoms with Crippen molar-refractivity contribution in [2.75, 3.05) is 31.1 Å². The molecule has 8 heteroatoms. The van der Waals surface area contributed by atoms with Gasteiger partial charge in [0.15, 0.2) is 10.9 Å². The van der Waals surface area contributed by atoms with Crippen molar-refractivity contribution < 1.29 is 9.59 Å². The van der Waals surface area contributed by atoms with E-state index in [0.29, 0.717) is 25.1 Å². The summed E-state index contributed by atoms with van der Waals surface area (Å²) in [5.41, 5.74) is 3.27. The third kappa shape index (κ3) is 4.09. The van der Waals surface area contributed by atoms with E-state index in [-0.39, 0.29) is 11.7 Å². The number of aromatic nitrogens is 3. The highest BCUT2D eigenvalue weighted by Crippen LogP contribution is 2.29. The highest BCUT2D eigenvalue weighted by atomic mass is 32.1. The molecule has 1 aliphatic rings. The maximum absolute atomic E-state index is 12.8. The maximum atomic E-state index is 12.8. The zero-order valence-corrected chi connectivity index (χ0v) is 18.5. The second-order valence-corrected chi connectivity index (χ2v) is 8.77. The van der Waals surface area contributed by atoms with Crippen molar-refractivity contribution in [1.82, 2.24) is 19.7 Å². The van der Waals surface area contributed by atoms with Crippen LogP contribution in [-0.4, -0.2) is 57.5 Å². The van der Waals surface area contributed by atoms with Crippen LogP contribution in [-0.2, 0) is 11.3 Å². The van der Waals surface area contributed by atoms with Crippen LogP contribution in [0, 0.1) is 13.8 Å². The molecule has 0 N–H and O–H groups in total. The van der Waals surface area contributed by atoms with Gasteiger partial charge in [-0.3, -0.25) is 14.3 Å². The van der Waals surface area contributed by atoms with Crippen LogP contribution in [0.1, 0.15) is 41.5 Å². The predicted octanol–water partition coefficient (Wildman–Crippen LogP) is 3.44. The third-order valence-corrected chi connectivity index (χ3v) is 6.77. The van der Waals surface area contributed by atoms with Gasteiger partial charge in [0.25, 0.3) is 0 Å². The molecule has 1 saturated heterocycles. The van der Waals surface area contributed by atoms with Gasteiger partial charge in [-0.2, -0.15) is 5.10 Å². The minimum Gasteiger partial charge on any atom is -0.346 e. The second kappa shape index (κ2) is 8.55. The van der Waals surface area contributed by atoms with Crippen LogP contribution in [0.25, 0.3) is 10.2 Å². The van der Waals surface area contributed by atoms with Crippen molar-refractivity contribution in [3.63, 3.8) is 0 Å². The van der Waals surface area contributed by atoms with Crippen LogP contribution in [0.15, 0.2) is 24.3 Å². The molecule has 1 fully saturated rings. The van der Waals surface area contributed by atoms with Crippen molar-refractivity contribution in [1.29, 1.82) is 0 Å². The summed E-state index contributed by atoms with van der Waals surface area (Å²) >= 11 is 1.71. The highest BCUT2D eigenvalue weighted by molar-refractivity contribution is 7.22. The van der Waals surface area contributed by atoms with Crippen molar-refractivity contribution in [3.05, 3.63) is 41.2 Å². The number of ketones is 1. The van der Waals surface area contributed by atoms with Gasteiger partial charge in [-0.15, -0.1) is 0 Å². The summed E-state index contributed by atoms with van der Waals surface area (Å²) in [6.07, 6.45) is 1.32. The average Bonchev–Trinajstić information content (AvgIpc) is 3.16. The molecule has 0 unspecified atom stereocenters. The number of hydrogen-bond donors (Lipinski definition) is 0. The zero-order chi connectivity index (χ0) is 21.3. The van der Waals surface area contributed by atoms with Gasteiger partial charge >= 0.3 is 0 Å². The van der Waals surface area contributed by atoms with Crippen molar-refractivity contribution in [2.45, 2.75) is 40.2 Å². The monoisotopic (exact) mass is 425 g/mol. The fourth-order valence-corrected chi connectivity index (χ4v) is 5.15. The van der Waals surface area contributed by atoms with Gasteiger partial charge in [0.2, 0.25) is 5.91 Å². The number of aryl methyl sites for hydroxylation is 2. The molecule has 1 aromatic carbocycles. The van der Waals surface area contributed by atoms with E-state index in [1.165, 1.54) is 4.70 Å². The van der Waals surface area contributed by atoms with Crippen molar-refractivity contribution in [3.8, 4) is 0 Å². The second-order valence-electron chi connectivity index (χ2n) is 7.76. The number of amides is 1. The number of rotatable bonds is 5. The Balaban J connectivity index is 1.37. The minimum atomic E-state index is 0.0185. The number of Topliss-reactive ketones (excluding diaryl/α,β-unsaturated/α-hetero) is 1. The third-order valence-electron chi connectivity index (χ3n) is 5.67. The Morgan fingerprint density at radius 2 is 1.90 bits per heavy atom. The summed E-state index contributed by atoms with van der Waals surface area (Å²) in [6.45, 7) is 8.94. The fraction of sp³-hybridized carbons (Fsp3) is 0.455. The molecular formula is C22H27N5O2S. The molecule has 0 radical (unpaired) electrons. The molecule has 0 saturated carbocycles. The smallest absolute Gasteiger partial charge is 0.224 e. The molecule has 30 heavy (non-hydrogen) atoms. The number of anilines is 1. The molecular weight excluding hydrogens is 398 g/mol. The molecule has 0 bridgehead atoms. The quantitative estimate of drug-likeness (QED) is 0.586. The molecule has 3 aromatic rings. The lowest BCUT2D eigenvalue weighted by Gasteiger charge is -2.22. The van der Waals surface area contributed by atoms with E-state index in [2.05, 4.69) is 16.1 Å². The van der Waals surface area contributed by atoms with E-state index < -0.39 is 0 Å². The Kier molecular flexibility index (Phi) is 5.85. The van der Waals surface area contributed by atoms with Crippen LogP contribution in [0.2, 0.25) is 0 Å². The summed E-state index contributed by atoms with van der Waals surface area (Å²) in [4.78, 5) is 33.6. The van der Waals surface area contributed by atoms with Gasteiger partial charge in [0, 0.05) is 44.8 Å². The molecule has 1 amide bonds. The number of carbonyl (C=O) groups is 2. The van der Waals surface area contributed by atoms with Crippen LogP contribution < -0.4 is 4.90 Å². The number of fused-ring (bicyclic) bond motifs is 1. The summed E-state index contributed by atoms with van der Waals surface area (Å²) < 4.78 is 2.98. The lowest BCUT2D eigenvalue weighted by molar-refractivity contribution is -0.131. The standard InChI is InChI=1S/C22H27N5O2S/c1-15-21(17(3)28)16(2)27(24-15)12-9-20(29)25-10-6-11-26(14-13-25)22-23-18-7-4-5-8-19(18)30-22/h4-5,7-8H,6,9-14H2,1-3H3. The number of carbonyl (C=O) groups excluding carboxylic acids is 2. The summed E-state index contributed by atoms with van der Waals surface area (Å²) in [6, 6.07) is 8.19. The van der Waals surface area contributed by atoms with E-state index >= 15 is 0 Å². The number of para-hydroxylation sites is 1. The first-order chi connectivity index (χ1) is 14.4. The molecule has 0 aliphatic carbocycles. The first-order valence-corrected chi connectivity index (χ1v) is 11.2. The topological polar surface area (TPSA) is 71.3 Å². The highest BCUT2D eigenvalue weighted by Gasteiger charge is 2.22. The molecule has 2 aromatic heterocycles. The number of nitrogens with zero attached hydrogens (tertiary/aromatic N) is 5. The molecule has 3 heterocycles. The van der Waals surface area contributed by atoms with Gasteiger partial charge in [0.05, 0.1) is 21.5 Å². The molecule has 0 spiro atoms. The first-order valence-electron chi connectivity index (χ1n) is 10.4. The van der Waals surface area contributed by atoms with Crippen LogP contribution in [0.3, 0.4) is 0 Å². The van der Waals surface area contributed by atoms with Gasteiger partial charge in [0.1, 0.15) is 0 Å². The normalized spacial score (nSPS) is 14.9. The maximum Gasteiger partial charge on any atom is 0.224 e. The Morgan fingerprint density at radius 1 is 1.10 bits per heavy atom. The van der Waals surface area contributed by atoms with Gasteiger partial charge < -0.3 is 9.80 Å². The molecule has 1 aliphatic heterocycles. The van der Waals surface area contributed by atoms with Crippen LogP contribution in [0.5, 0.6) is 0 Å². The molecule has 0 atom stereocenters. The summed E-state index contributed by atoms with van der Waals surface area (Å²) in [7, 11) is 0. The van der Waals surface area contributed by atoms with Gasteiger partial charge in [-0.25, -0.2) is 4.98 Å². The van der Waals surface area contributed by atoms with Gasteiger partial charge in [-0.05, 0) is 39.3 Å². The SMILES string of the molecule is CC(=O)c1c(C)nn(CCC(=O)N2CCCN(c3nc4ccccc4s3)CC2)c1C. The predicted molar refractivity (Wildman–Crippen MR) is 119 cm³/mol. The average molecular weight is 426 g/mol. The van der Waals surface area contributed by atoms with Crippen LogP contribution in [0.4, 0.5) is 5.13 Å². The summed E-state index contributed by atoms with van der Waals surface area (Å²) in [5.74, 6) is 0.156. The number of hydrogen-bond acceptors (Lipinski definition) is 6. The number of thiazole rings is 1. The first kappa shape index (κ1) is 20.5. The Bertz CT molecular complexity index is 1050. The van der Waals surface area contributed by atoms with Crippen molar-refractivity contribution >= 4 is 38.4 Å². The van der Waals surface area contributed by atoms with Crippen molar-refractivity contribution in [2.24, 2.45) is 0 Å². The Morgan fingerprint density at radius 3 is 2.63 bits per heavy atom. The lowest BCUT2D eigenvalue weighted by atomic mass is 10.1. The van der Waals surface area contributed by atoms with E-state index in [1.54, 1.807) is 22.9 Å².